The first-order chi connectivity index (χ1) is 13.4. The van der Waals surface area contributed by atoms with Crippen LogP contribution in [-0.2, 0) is 22.5 Å². The maximum Gasteiger partial charge on any atom is 0.330 e. The molecule has 1 N–H and O–H groups in total. The van der Waals surface area contributed by atoms with E-state index >= 15 is 0 Å². The molecule has 1 aliphatic heterocycles. The van der Waals surface area contributed by atoms with Gasteiger partial charge in [0.1, 0.15) is 11.5 Å². The Labute approximate surface area is 162 Å². The lowest BCUT2D eigenvalue weighted by atomic mass is 10.0. The first-order valence-corrected chi connectivity index (χ1v) is 9.13. The second-order valence-corrected chi connectivity index (χ2v) is 6.99. The molecule has 0 saturated carbocycles. The number of carbonyl (C=O) groups is 1. The molecule has 1 unspecified atom stereocenters. The van der Waals surface area contributed by atoms with Crippen LogP contribution in [-0.4, -0.2) is 32.8 Å². The molecule has 2 heterocycles. The molecular weight excluding hydrogens is 362 g/mol. The zero-order valence-corrected chi connectivity index (χ0v) is 16.1. The average Bonchev–Trinajstić information content (AvgIpc) is 3.28. The van der Waals surface area contributed by atoms with E-state index in [9.17, 15) is 14.9 Å². The van der Waals surface area contributed by atoms with Gasteiger partial charge in [0.25, 0.3) is 5.69 Å². The van der Waals surface area contributed by atoms with Crippen molar-refractivity contribution in [3.8, 4) is 0 Å². The van der Waals surface area contributed by atoms with Crippen LogP contribution in [0.1, 0.15) is 43.5 Å². The number of esters is 1. The molecule has 1 atom stereocenters. The van der Waals surface area contributed by atoms with Gasteiger partial charge in [-0.15, -0.1) is 10.2 Å². The second-order valence-electron chi connectivity index (χ2n) is 6.99. The molecule has 9 heteroatoms. The van der Waals surface area contributed by atoms with Crippen LogP contribution < -0.4 is 5.32 Å². The Morgan fingerprint density at radius 2 is 2.18 bits per heavy atom. The van der Waals surface area contributed by atoms with Crippen LogP contribution in [0.4, 0.5) is 11.4 Å². The Kier molecular flexibility index (Phi) is 5.72. The van der Waals surface area contributed by atoms with Crippen molar-refractivity contribution in [2.45, 2.75) is 39.3 Å². The Morgan fingerprint density at radius 3 is 2.86 bits per heavy atom. The third-order valence-corrected chi connectivity index (χ3v) is 4.73. The summed E-state index contributed by atoms with van der Waals surface area (Å²) in [7, 11) is 1.27. The van der Waals surface area contributed by atoms with E-state index in [2.05, 4.69) is 24.8 Å². The fourth-order valence-corrected chi connectivity index (χ4v) is 3.26. The summed E-state index contributed by atoms with van der Waals surface area (Å²) in [5.74, 6) is 1.38. The van der Waals surface area contributed by atoms with Crippen LogP contribution in [0.3, 0.4) is 0 Å². The van der Waals surface area contributed by atoms with Gasteiger partial charge in [-0.2, -0.15) is 0 Å². The molecule has 0 spiro atoms. The van der Waals surface area contributed by atoms with Gasteiger partial charge in [-0.25, -0.2) is 4.79 Å². The average molecular weight is 385 g/mol. The minimum Gasteiger partial charge on any atom is -0.466 e. The minimum atomic E-state index is -0.523. The number of methoxy groups -OCH3 is 1. The van der Waals surface area contributed by atoms with Crippen molar-refractivity contribution in [2.75, 3.05) is 12.4 Å². The number of hydrogen-bond acceptors (Lipinski definition) is 7. The van der Waals surface area contributed by atoms with Gasteiger partial charge in [0.2, 0.25) is 0 Å². The van der Waals surface area contributed by atoms with E-state index < -0.39 is 10.9 Å². The van der Waals surface area contributed by atoms with Crippen LogP contribution in [0.2, 0.25) is 0 Å². The fraction of sp³-hybridized carbons (Fsp3) is 0.421. The summed E-state index contributed by atoms with van der Waals surface area (Å²) in [6.07, 6.45) is 4.64. The van der Waals surface area contributed by atoms with E-state index in [0.29, 0.717) is 11.3 Å². The van der Waals surface area contributed by atoms with Crippen molar-refractivity contribution in [3.63, 3.8) is 0 Å². The molecule has 3 rings (SSSR count). The predicted octanol–water partition coefficient (Wildman–Crippen LogP) is 3.13. The number of ether oxygens (including phenoxy) is 1. The van der Waals surface area contributed by atoms with Gasteiger partial charge >= 0.3 is 5.97 Å². The Hall–Kier alpha value is -3.23. The van der Waals surface area contributed by atoms with E-state index in [0.717, 1.165) is 31.0 Å². The summed E-state index contributed by atoms with van der Waals surface area (Å²) in [5, 5.41) is 23.5. The number of nitrogens with one attached hydrogen (secondary N) is 1. The molecule has 148 valence electrons. The molecule has 0 saturated heterocycles. The lowest BCUT2D eigenvalue weighted by molar-refractivity contribution is -0.384. The maximum absolute atomic E-state index is 11.6. The van der Waals surface area contributed by atoms with Crippen LogP contribution in [0.25, 0.3) is 6.08 Å². The smallest absolute Gasteiger partial charge is 0.330 e. The van der Waals surface area contributed by atoms with Gasteiger partial charge in [0, 0.05) is 25.1 Å². The molecule has 2 aromatic rings. The van der Waals surface area contributed by atoms with Crippen LogP contribution in [0.15, 0.2) is 24.3 Å². The fourth-order valence-electron chi connectivity index (χ4n) is 3.26. The summed E-state index contributed by atoms with van der Waals surface area (Å²) in [5.41, 5.74) is 0.861. The molecule has 1 aromatic carbocycles. The van der Waals surface area contributed by atoms with E-state index in [1.807, 2.05) is 13.8 Å². The first kappa shape index (κ1) is 19.5. The number of carbonyl (C=O) groups excluding carboxylic acids is 1. The maximum atomic E-state index is 11.6. The van der Waals surface area contributed by atoms with Gasteiger partial charge in [-0.3, -0.25) is 10.1 Å². The third kappa shape index (κ3) is 4.03. The highest BCUT2D eigenvalue weighted by molar-refractivity contribution is 5.87. The number of anilines is 1. The van der Waals surface area contributed by atoms with Crippen LogP contribution in [0, 0.1) is 16.0 Å². The quantitative estimate of drug-likeness (QED) is 0.337. The number of hydrogen-bond donors (Lipinski definition) is 1. The summed E-state index contributed by atoms with van der Waals surface area (Å²) >= 11 is 0. The number of benzene rings is 1. The monoisotopic (exact) mass is 385 g/mol. The standard InChI is InChI=1S/C19H23N5O4/c1-12(2)18(19-22-21-16-5-4-10-23(16)19)20-14-8-6-13(7-9-17(25)28-3)11-15(14)24(26)27/h6-9,11-12,18,20H,4-5,10H2,1-3H3/b9-7+. The van der Waals surface area contributed by atoms with Gasteiger partial charge < -0.3 is 14.6 Å². The Morgan fingerprint density at radius 1 is 1.39 bits per heavy atom. The van der Waals surface area contributed by atoms with Gasteiger partial charge in [-0.1, -0.05) is 19.9 Å². The van der Waals surface area contributed by atoms with Gasteiger partial charge in [-0.05, 0) is 30.0 Å². The summed E-state index contributed by atoms with van der Waals surface area (Å²) in [6, 6.07) is 4.56. The molecule has 0 bridgehead atoms. The zero-order chi connectivity index (χ0) is 20.3. The minimum absolute atomic E-state index is 0.0705. The number of aryl methyl sites for hydroxylation is 1. The molecule has 1 aromatic heterocycles. The van der Waals surface area contributed by atoms with Gasteiger partial charge in [0.05, 0.1) is 18.1 Å². The molecule has 0 fully saturated rings. The van der Waals surface area contributed by atoms with Gasteiger partial charge in [0.15, 0.2) is 5.82 Å². The summed E-state index contributed by atoms with van der Waals surface area (Å²) in [4.78, 5) is 22.4. The SMILES string of the molecule is COC(=O)/C=C/c1ccc(NC(c2nnc3n2CCC3)C(C)C)c([N+](=O)[O-])c1. The number of nitro groups is 1. The van der Waals surface area contributed by atoms with Crippen molar-refractivity contribution in [1.29, 1.82) is 0 Å². The number of nitro benzene ring substituents is 1. The predicted molar refractivity (Wildman–Crippen MR) is 104 cm³/mol. The number of rotatable bonds is 7. The summed E-state index contributed by atoms with van der Waals surface area (Å²) < 4.78 is 6.64. The molecule has 28 heavy (non-hydrogen) atoms. The Balaban J connectivity index is 1.91. The highest BCUT2D eigenvalue weighted by Crippen LogP contribution is 2.33. The highest BCUT2D eigenvalue weighted by Gasteiger charge is 2.28. The van der Waals surface area contributed by atoms with E-state index in [-0.39, 0.29) is 17.6 Å². The van der Waals surface area contributed by atoms with E-state index in [1.165, 1.54) is 25.3 Å². The van der Waals surface area contributed by atoms with Crippen molar-refractivity contribution < 1.29 is 14.5 Å². The Bertz CT molecular complexity index is 919. The summed E-state index contributed by atoms with van der Waals surface area (Å²) in [6.45, 7) is 4.93. The molecular formula is C19H23N5O4. The highest BCUT2D eigenvalue weighted by atomic mass is 16.6. The largest absolute Gasteiger partial charge is 0.466 e. The molecule has 0 amide bonds. The lowest BCUT2D eigenvalue weighted by Gasteiger charge is -2.23. The number of aromatic nitrogens is 3. The number of nitrogens with zero attached hydrogens (tertiary/aromatic N) is 4. The topological polar surface area (TPSA) is 112 Å². The third-order valence-electron chi connectivity index (χ3n) is 4.73. The molecule has 0 aliphatic carbocycles. The van der Waals surface area contributed by atoms with E-state index in [1.54, 1.807) is 12.1 Å². The zero-order valence-electron chi connectivity index (χ0n) is 16.1. The molecule has 1 aliphatic rings. The van der Waals surface area contributed by atoms with E-state index in [4.69, 9.17) is 0 Å². The van der Waals surface area contributed by atoms with Crippen molar-refractivity contribution in [2.24, 2.45) is 5.92 Å². The number of fused-ring (bicyclic) bond motifs is 1. The molecule has 9 nitrogen and oxygen atoms in total. The lowest BCUT2D eigenvalue weighted by Crippen LogP contribution is -2.21. The molecule has 0 radical (unpaired) electrons. The second kappa shape index (κ2) is 8.20. The van der Waals surface area contributed by atoms with Crippen molar-refractivity contribution in [1.82, 2.24) is 14.8 Å². The van der Waals surface area contributed by atoms with Crippen molar-refractivity contribution >= 4 is 23.4 Å². The first-order valence-electron chi connectivity index (χ1n) is 9.13. The van der Waals surface area contributed by atoms with Crippen LogP contribution in [0.5, 0.6) is 0 Å². The van der Waals surface area contributed by atoms with Crippen LogP contribution >= 0.6 is 0 Å². The normalized spacial score (nSPS) is 14.3. The van der Waals surface area contributed by atoms with Crippen molar-refractivity contribution in [3.05, 3.63) is 51.6 Å².